The molecule has 2 fully saturated rings. The van der Waals surface area contributed by atoms with Gasteiger partial charge in [0.05, 0.1) is 5.60 Å². The molecule has 2 heterocycles. The topological polar surface area (TPSA) is 44.7 Å². The van der Waals surface area contributed by atoms with Crippen molar-refractivity contribution in [3.05, 3.63) is 0 Å². The fraction of sp³-hybridized carbons (Fsp3) is 1.00. The standard InChI is InChI=1S/C12H24N2O2/c1-10-8-14(11(2)7-13-10)9-12(15)3-5-16-6-4-12/h10-11,13,15H,3-9H2,1-2H3. The van der Waals surface area contributed by atoms with Gasteiger partial charge in [-0.3, -0.25) is 4.90 Å². The van der Waals surface area contributed by atoms with Crippen LogP contribution in [0.5, 0.6) is 0 Å². The van der Waals surface area contributed by atoms with Gasteiger partial charge in [-0.15, -0.1) is 0 Å². The zero-order valence-corrected chi connectivity index (χ0v) is 10.4. The average Bonchev–Trinajstić information content (AvgIpc) is 2.24. The van der Waals surface area contributed by atoms with Crippen LogP contribution in [0.4, 0.5) is 0 Å². The van der Waals surface area contributed by atoms with E-state index in [-0.39, 0.29) is 0 Å². The number of nitrogens with one attached hydrogen (secondary N) is 1. The lowest BCUT2D eigenvalue weighted by Crippen LogP contribution is -2.58. The molecule has 2 aliphatic rings. The molecule has 0 aromatic heterocycles. The Kier molecular flexibility index (Phi) is 3.85. The van der Waals surface area contributed by atoms with Crippen LogP contribution >= 0.6 is 0 Å². The molecule has 2 atom stereocenters. The van der Waals surface area contributed by atoms with E-state index in [1.54, 1.807) is 0 Å². The van der Waals surface area contributed by atoms with Gasteiger partial charge in [0.2, 0.25) is 0 Å². The van der Waals surface area contributed by atoms with Gasteiger partial charge in [0.25, 0.3) is 0 Å². The van der Waals surface area contributed by atoms with Crippen molar-refractivity contribution in [3.63, 3.8) is 0 Å². The van der Waals surface area contributed by atoms with Crippen molar-refractivity contribution in [1.82, 2.24) is 10.2 Å². The first-order chi connectivity index (χ1) is 7.59. The molecule has 0 aromatic rings. The summed E-state index contributed by atoms with van der Waals surface area (Å²) in [6.07, 6.45) is 1.55. The van der Waals surface area contributed by atoms with Crippen LogP contribution in [0.2, 0.25) is 0 Å². The van der Waals surface area contributed by atoms with Gasteiger partial charge in [-0.25, -0.2) is 0 Å². The van der Waals surface area contributed by atoms with Crippen molar-refractivity contribution in [1.29, 1.82) is 0 Å². The predicted molar refractivity (Wildman–Crippen MR) is 63.5 cm³/mol. The predicted octanol–water partition coefficient (Wildman–Crippen LogP) is 0.210. The van der Waals surface area contributed by atoms with E-state index in [1.165, 1.54) is 0 Å². The van der Waals surface area contributed by atoms with Crippen LogP contribution in [0.15, 0.2) is 0 Å². The molecular weight excluding hydrogens is 204 g/mol. The minimum Gasteiger partial charge on any atom is -0.388 e. The largest absolute Gasteiger partial charge is 0.388 e. The lowest BCUT2D eigenvalue weighted by Gasteiger charge is -2.43. The van der Waals surface area contributed by atoms with E-state index >= 15 is 0 Å². The molecule has 16 heavy (non-hydrogen) atoms. The molecule has 0 aromatic carbocycles. The fourth-order valence-electron chi connectivity index (χ4n) is 2.60. The third kappa shape index (κ3) is 2.94. The molecular formula is C12H24N2O2. The molecule has 0 aliphatic carbocycles. The summed E-state index contributed by atoms with van der Waals surface area (Å²) >= 11 is 0. The molecule has 94 valence electrons. The number of hydrogen-bond donors (Lipinski definition) is 2. The highest BCUT2D eigenvalue weighted by Crippen LogP contribution is 2.23. The van der Waals surface area contributed by atoms with E-state index in [1.807, 2.05) is 0 Å². The average molecular weight is 228 g/mol. The van der Waals surface area contributed by atoms with Gasteiger partial charge in [-0.05, 0) is 13.8 Å². The summed E-state index contributed by atoms with van der Waals surface area (Å²) in [5.74, 6) is 0. The van der Waals surface area contributed by atoms with E-state index in [2.05, 4.69) is 24.1 Å². The van der Waals surface area contributed by atoms with E-state index in [0.717, 1.165) is 32.5 Å². The molecule has 0 radical (unpaired) electrons. The Morgan fingerprint density at radius 3 is 2.75 bits per heavy atom. The van der Waals surface area contributed by atoms with Crippen LogP contribution in [0.25, 0.3) is 0 Å². The quantitative estimate of drug-likeness (QED) is 0.709. The Balaban J connectivity index is 1.91. The third-order valence-corrected chi connectivity index (χ3v) is 3.81. The van der Waals surface area contributed by atoms with Crippen LogP contribution < -0.4 is 5.32 Å². The van der Waals surface area contributed by atoms with Crippen LogP contribution in [0.3, 0.4) is 0 Å². The third-order valence-electron chi connectivity index (χ3n) is 3.81. The first-order valence-electron chi connectivity index (χ1n) is 6.37. The van der Waals surface area contributed by atoms with E-state index in [0.29, 0.717) is 25.3 Å². The molecule has 0 spiro atoms. The SMILES string of the molecule is CC1CN(CC2(O)CCOCC2)C(C)CN1. The monoisotopic (exact) mass is 228 g/mol. The van der Waals surface area contributed by atoms with Crippen molar-refractivity contribution < 1.29 is 9.84 Å². The van der Waals surface area contributed by atoms with Gasteiger partial charge in [0.1, 0.15) is 0 Å². The van der Waals surface area contributed by atoms with Gasteiger partial charge in [0, 0.05) is 57.8 Å². The number of ether oxygens (including phenoxy) is 1. The van der Waals surface area contributed by atoms with Crippen molar-refractivity contribution in [2.75, 3.05) is 32.8 Å². The molecule has 0 bridgehead atoms. The molecule has 0 amide bonds. The van der Waals surface area contributed by atoms with Crippen LogP contribution in [0, 0.1) is 0 Å². The maximum absolute atomic E-state index is 10.5. The summed E-state index contributed by atoms with van der Waals surface area (Å²) in [4.78, 5) is 2.41. The number of hydrogen-bond acceptors (Lipinski definition) is 4. The Morgan fingerprint density at radius 2 is 2.06 bits per heavy atom. The highest BCUT2D eigenvalue weighted by molar-refractivity contribution is 4.90. The second-order valence-corrected chi connectivity index (χ2v) is 5.42. The molecule has 2 rings (SSSR count). The lowest BCUT2D eigenvalue weighted by atomic mass is 9.92. The second-order valence-electron chi connectivity index (χ2n) is 5.42. The van der Waals surface area contributed by atoms with Gasteiger partial charge in [0.15, 0.2) is 0 Å². The Hall–Kier alpha value is -0.160. The maximum atomic E-state index is 10.5. The molecule has 2 saturated heterocycles. The number of aliphatic hydroxyl groups is 1. The first kappa shape index (κ1) is 12.3. The van der Waals surface area contributed by atoms with Crippen molar-refractivity contribution in [2.24, 2.45) is 0 Å². The van der Waals surface area contributed by atoms with E-state index < -0.39 is 5.60 Å². The molecule has 0 saturated carbocycles. The van der Waals surface area contributed by atoms with Gasteiger partial charge in [-0.1, -0.05) is 0 Å². The van der Waals surface area contributed by atoms with Gasteiger partial charge < -0.3 is 15.2 Å². The maximum Gasteiger partial charge on any atom is 0.0818 e. The summed E-state index contributed by atoms with van der Waals surface area (Å²) in [7, 11) is 0. The number of rotatable bonds is 2. The number of β-amino-alcohol motifs (C(OH)–C–C–N with tert-alkyl or cyclic N) is 1. The van der Waals surface area contributed by atoms with E-state index in [9.17, 15) is 5.11 Å². The zero-order valence-electron chi connectivity index (χ0n) is 10.4. The smallest absolute Gasteiger partial charge is 0.0818 e. The molecule has 2 aliphatic heterocycles. The minimum atomic E-state index is -0.524. The summed E-state index contributed by atoms with van der Waals surface area (Å²) < 4.78 is 5.31. The van der Waals surface area contributed by atoms with Crippen molar-refractivity contribution in [3.8, 4) is 0 Å². The van der Waals surface area contributed by atoms with Crippen molar-refractivity contribution in [2.45, 2.75) is 44.4 Å². The number of nitrogens with zero attached hydrogens (tertiary/aromatic N) is 1. The minimum absolute atomic E-state index is 0.517. The molecule has 2 unspecified atom stereocenters. The highest BCUT2D eigenvalue weighted by Gasteiger charge is 2.34. The summed E-state index contributed by atoms with van der Waals surface area (Å²) in [6, 6.07) is 1.04. The molecule has 4 heteroatoms. The highest BCUT2D eigenvalue weighted by atomic mass is 16.5. The van der Waals surface area contributed by atoms with Gasteiger partial charge >= 0.3 is 0 Å². The Morgan fingerprint density at radius 1 is 1.38 bits per heavy atom. The summed E-state index contributed by atoms with van der Waals surface area (Å²) in [5, 5.41) is 13.9. The van der Waals surface area contributed by atoms with Crippen LogP contribution in [-0.4, -0.2) is 60.5 Å². The number of piperazine rings is 1. The van der Waals surface area contributed by atoms with Crippen LogP contribution in [0.1, 0.15) is 26.7 Å². The first-order valence-corrected chi connectivity index (χ1v) is 6.37. The Labute approximate surface area is 98.0 Å². The normalized spacial score (nSPS) is 36.2. The van der Waals surface area contributed by atoms with Gasteiger partial charge in [-0.2, -0.15) is 0 Å². The van der Waals surface area contributed by atoms with Crippen LogP contribution in [-0.2, 0) is 4.74 Å². The summed E-state index contributed by atoms with van der Waals surface area (Å²) in [6.45, 7) is 8.68. The zero-order chi connectivity index (χ0) is 11.6. The second kappa shape index (κ2) is 5.00. The Bertz CT molecular complexity index is 229. The van der Waals surface area contributed by atoms with E-state index in [4.69, 9.17) is 4.74 Å². The molecule has 2 N–H and O–H groups in total. The fourth-order valence-corrected chi connectivity index (χ4v) is 2.60. The lowest BCUT2D eigenvalue weighted by molar-refractivity contribution is -0.0877. The summed E-state index contributed by atoms with van der Waals surface area (Å²) in [5.41, 5.74) is -0.524. The molecule has 4 nitrogen and oxygen atoms in total. The van der Waals surface area contributed by atoms with Crippen molar-refractivity contribution >= 4 is 0 Å².